The van der Waals surface area contributed by atoms with Gasteiger partial charge in [-0.2, -0.15) is 0 Å². The first kappa shape index (κ1) is 26.5. The predicted molar refractivity (Wildman–Crippen MR) is 124 cm³/mol. The molecular formula is C20H41NO2S2Sn. The third kappa shape index (κ3) is 11.4. The Morgan fingerprint density at radius 2 is 1.38 bits per heavy atom. The fourth-order valence-electron chi connectivity index (χ4n) is 3.11. The van der Waals surface area contributed by atoms with Crippen LogP contribution in [-0.4, -0.2) is 52.8 Å². The second kappa shape index (κ2) is 16.5. The van der Waals surface area contributed by atoms with Gasteiger partial charge in [-0.25, -0.2) is 0 Å². The molecule has 0 amide bonds. The maximum atomic E-state index is 12.6. The summed E-state index contributed by atoms with van der Waals surface area (Å²) in [5.74, 6) is 0.782. The normalized spacial score (nSPS) is 11.4. The van der Waals surface area contributed by atoms with Gasteiger partial charge in [0.25, 0.3) is 0 Å². The number of carbonyl (C=O) groups excluding carboxylic acids is 1. The van der Waals surface area contributed by atoms with Crippen LogP contribution in [0.5, 0.6) is 0 Å². The van der Waals surface area contributed by atoms with E-state index >= 15 is 0 Å². The first-order chi connectivity index (χ1) is 12.5. The summed E-state index contributed by atoms with van der Waals surface area (Å²) in [5.41, 5.74) is 0. The number of unbranched alkanes of at least 4 members (excludes halogenated alkanes) is 3. The van der Waals surface area contributed by atoms with Gasteiger partial charge in [0.15, 0.2) is 0 Å². The van der Waals surface area contributed by atoms with Crippen molar-refractivity contribution in [1.82, 2.24) is 4.90 Å². The third-order valence-corrected chi connectivity index (χ3v) is 19.1. The van der Waals surface area contributed by atoms with Gasteiger partial charge >= 0.3 is 178 Å². The quantitative estimate of drug-likeness (QED) is 0.182. The minimum absolute atomic E-state index is 0.0407. The molecular weight excluding hydrogens is 469 g/mol. The molecule has 154 valence electrons. The van der Waals surface area contributed by atoms with Crippen molar-refractivity contribution in [2.24, 2.45) is 0 Å². The van der Waals surface area contributed by atoms with Crippen LogP contribution in [0.3, 0.4) is 0 Å². The van der Waals surface area contributed by atoms with E-state index in [0.717, 1.165) is 23.2 Å². The molecule has 0 fully saturated rings. The Morgan fingerprint density at radius 3 is 1.77 bits per heavy atom. The Bertz CT molecular complexity index is 368. The molecule has 0 aromatic carbocycles. The molecule has 26 heavy (non-hydrogen) atoms. The molecule has 0 atom stereocenters. The van der Waals surface area contributed by atoms with Gasteiger partial charge < -0.3 is 0 Å². The number of thioether (sulfide) groups is 1. The van der Waals surface area contributed by atoms with Crippen molar-refractivity contribution in [1.29, 1.82) is 0 Å². The molecule has 0 spiro atoms. The number of carbonyl (C=O) groups is 1. The van der Waals surface area contributed by atoms with E-state index in [0.29, 0.717) is 6.42 Å². The molecule has 0 aromatic rings. The molecule has 3 nitrogen and oxygen atoms in total. The molecule has 0 aromatic heterocycles. The third-order valence-electron chi connectivity index (χ3n) is 4.84. The van der Waals surface area contributed by atoms with Gasteiger partial charge in [-0.1, -0.05) is 0 Å². The van der Waals surface area contributed by atoms with Crippen LogP contribution in [0.1, 0.15) is 79.6 Å². The van der Waals surface area contributed by atoms with Crippen molar-refractivity contribution in [2.75, 3.05) is 18.8 Å². The van der Waals surface area contributed by atoms with Crippen LogP contribution in [0.2, 0.25) is 13.3 Å². The molecule has 0 rings (SSSR count). The van der Waals surface area contributed by atoms with Crippen LogP contribution in [0.15, 0.2) is 0 Å². The second-order valence-electron chi connectivity index (χ2n) is 7.00. The standard InChI is InChI=1S/C8H15NO2S2.3C4H9.Sn/c1-3-9(4-2)8(12)13-6-5-7(10)11;3*1-3-4-2;/h3-6H2,1-2H3,(H,10,11);3*1,3-4H2,2H3;/q;;;;+1/p-1. The number of hydrogen-bond acceptors (Lipinski definition) is 4. The van der Waals surface area contributed by atoms with Crippen molar-refractivity contribution in [3.63, 3.8) is 0 Å². The molecule has 0 heterocycles. The van der Waals surface area contributed by atoms with Crippen molar-refractivity contribution < 1.29 is 7.87 Å². The van der Waals surface area contributed by atoms with Gasteiger partial charge in [-0.05, 0) is 0 Å². The van der Waals surface area contributed by atoms with E-state index in [1.165, 1.54) is 51.8 Å². The zero-order valence-electron chi connectivity index (χ0n) is 17.8. The summed E-state index contributed by atoms with van der Waals surface area (Å²) in [5, 5.41) is 0. The van der Waals surface area contributed by atoms with Crippen molar-refractivity contribution in [3.8, 4) is 0 Å². The fourth-order valence-corrected chi connectivity index (χ4v) is 17.7. The molecule has 0 radical (unpaired) electrons. The molecule has 0 aliphatic carbocycles. The second-order valence-corrected chi connectivity index (χ2v) is 20.3. The summed E-state index contributed by atoms with van der Waals surface area (Å²) >= 11 is 4.28. The Hall–Kier alpha value is 0.509. The summed E-state index contributed by atoms with van der Waals surface area (Å²) in [4.78, 5) is 14.8. The molecule has 0 unspecified atom stereocenters. The van der Waals surface area contributed by atoms with E-state index in [4.69, 9.17) is 15.3 Å². The van der Waals surface area contributed by atoms with E-state index in [-0.39, 0.29) is 5.97 Å². The molecule has 0 aliphatic rings. The van der Waals surface area contributed by atoms with Crippen LogP contribution in [0.25, 0.3) is 0 Å². The fraction of sp³-hybridized carbons (Fsp3) is 0.900. The van der Waals surface area contributed by atoms with E-state index in [2.05, 4.69) is 39.5 Å². The summed E-state index contributed by atoms with van der Waals surface area (Å²) < 4.78 is 10.9. The summed E-state index contributed by atoms with van der Waals surface area (Å²) in [6, 6.07) is 0. The molecule has 0 saturated carbocycles. The zero-order chi connectivity index (χ0) is 19.8. The van der Waals surface area contributed by atoms with Gasteiger partial charge in [-0.15, -0.1) is 0 Å². The average Bonchev–Trinajstić information content (AvgIpc) is 2.63. The van der Waals surface area contributed by atoms with E-state index < -0.39 is 18.8 Å². The summed E-state index contributed by atoms with van der Waals surface area (Å²) in [7, 11) is 0. The average molecular weight is 510 g/mol. The summed E-state index contributed by atoms with van der Waals surface area (Å²) in [6.45, 7) is 12.8. The number of thiocarbonyl (C=S) groups is 1. The van der Waals surface area contributed by atoms with E-state index in [1.807, 2.05) is 0 Å². The Labute approximate surface area is 176 Å². The zero-order valence-corrected chi connectivity index (χ0v) is 22.3. The SMILES string of the molecule is CCC[CH2][Sn]([CH2]CCC)([CH2]CCC)[O]C(=O)CCSC(=S)N(CC)CC. The maximum absolute atomic E-state index is 12.6. The first-order valence-corrected chi connectivity index (χ1v) is 19.2. The van der Waals surface area contributed by atoms with Crippen LogP contribution in [0.4, 0.5) is 0 Å². The topological polar surface area (TPSA) is 29.5 Å². The molecule has 0 bridgehead atoms. The van der Waals surface area contributed by atoms with Gasteiger partial charge in [0, 0.05) is 0 Å². The van der Waals surface area contributed by atoms with Crippen molar-refractivity contribution >= 4 is 53.1 Å². The van der Waals surface area contributed by atoms with Crippen LogP contribution in [-0.2, 0) is 7.87 Å². The monoisotopic (exact) mass is 511 g/mol. The van der Waals surface area contributed by atoms with Crippen LogP contribution in [0, 0.1) is 0 Å². The van der Waals surface area contributed by atoms with Crippen molar-refractivity contribution in [2.45, 2.75) is 92.9 Å². The molecule has 6 heteroatoms. The molecule has 0 saturated heterocycles. The van der Waals surface area contributed by atoms with Gasteiger partial charge in [-0.3, -0.25) is 0 Å². The number of hydrogen-bond donors (Lipinski definition) is 0. The van der Waals surface area contributed by atoms with E-state index in [1.54, 1.807) is 11.8 Å². The van der Waals surface area contributed by atoms with Crippen LogP contribution < -0.4 is 0 Å². The number of nitrogens with zero attached hydrogens (tertiary/aromatic N) is 1. The van der Waals surface area contributed by atoms with Crippen molar-refractivity contribution in [3.05, 3.63) is 0 Å². The van der Waals surface area contributed by atoms with Crippen LogP contribution >= 0.6 is 24.0 Å². The van der Waals surface area contributed by atoms with Gasteiger partial charge in [0.1, 0.15) is 0 Å². The molecule has 0 aliphatic heterocycles. The summed E-state index contributed by atoms with van der Waals surface area (Å²) in [6.07, 6.45) is 7.75. The van der Waals surface area contributed by atoms with E-state index in [9.17, 15) is 4.79 Å². The Kier molecular flexibility index (Phi) is 16.8. The Balaban J connectivity index is 4.69. The van der Waals surface area contributed by atoms with Gasteiger partial charge in [0.2, 0.25) is 0 Å². The Morgan fingerprint density at radius 1 is 0.923 bits per heavy atom. The number of rotatable bonds is 15. The van der Waals surface area contributed by atoms with Gasteiger partial charge in [0.05, 0.1) is 0 Å². The first-order valence-electron chi connectivity index (χ1n) is 10.6. The predicted octanol–water partition coefficient (Wildman–Crippen LogP) is 6.63. The molecule has 0 N–H and O–H groups in total. The minimum atomic E-state index is -2.80.